The number of rotatable bonds is 0. The van der Waals surface area contributed by atoms with Crippen LogP contribution in [-0.4, -0.2) is 11.0 Å². The van der Waals surface area contributed by atoms with E-state index >= 15 is 0 Å². The quantitative estimate of drug-likeness (QED) is 0.594. The molecule has 0 fully saturated rings. The van der Waals surface area contributed by atoms with Gasteiger partial charge < -0.3 is 11.0 Å². The summed E-state index contributed by atoms with van der Waals surface area (Å²) in [5.41, 5.74) is 0. The first-order chi connectivity index (χ1) is 1.73. The van der Waals surface area contributed by atoms with Crippen molar-refractivity contribution in [1.82, 2.24) is 0 Å². The molecular weight excluding hydrogens is 320 g/mol. The first kappa shape index (κ1) is 15.7. The van der Waals surface area contributed by atoms with Gasteiger partial charge in [-0.1, -0.05) is 0 Å². The van der Waals surface area contributed by atoms with Crippen LogP contribution in [-0.2, 0) is 11.6 Å². The molecular formula is H4Br3O2Ti. The number of hydrogen-bond donors (Lipinski definition) is 0. The van der Waals surface area contributed by atoms with Crippen LogP contribution in [0, 0.1) is 0 Å². The zero-order valence-electron chi connectivity index (χ0n) is 2.63. The topological polar surface area (TPSA) is 63.0 Å². The molecule has 0 aromatic heterocycles. The Kier molecular flexibility index (Phi) is 26.5. The van der Waals surface area contributed by atoms with E-state index in [4.69, 9.17) is 0 Å². The molecule has 0 bridgehead atoms. The maximum atomic E-state index is 3.27. The van der Waals surface area contributed by atoms with Gasteiger partial charge >= 0.3 is 51.1 Å². The van der Waals surface area contributed by atoms with Crippen LogP contribution in [0.3, 0.4) is 0 Å². The second kappa shape index (κ2) is 10.1. The van der Waals surface area contributed by atoms with E-state index in [-0.39, 0.29) is 11.0 Å². The van der Waals surface area contributed by atoms with Gasteiger partial charge in [0.1, 0.15) is 0 Å². The van der Waals surface area contributed by atoms with E-state index in [0.29, 0.717) is 0 Å². The minimum atomic E-state index is -0.896. The first-order valence-corrected chi connectivity index (χ1v) is 12.1. The van der Waals surface area contributed by atoms with Crippen LogP contribution in [0.2, 0.25) is 0 Å². The Morgan fingerprint density at radius 2 is 0.833 bits per heavy atom. The van der Waals surface area contributed by atoms with Crippen molar-refractivity contribution in [3.8, 4) is 0 Å². The van der Waals surface area contributed by atoms with Gasteiger partial charge in [-0.15, -0.1) is 0 Å². The third kappa shape index (κ3) is 36.4. The van der Waals surface area contributed by atoms with Gasteiger partial charge in [0.25, 0.3) is 0 Å². The predicted molar refractivity (Wildman–Crippen MR) is 34.0 cm³/mol. The maximum absolute atomic E-state index is 3.27. The van der Waals surface area contributed by atoms with Gasteiger partial charge in [0, 0.05) is 0 Å². The van der Waals surface area contributed by atoms with Crippen molar-refractivity contribution in [2.75, 3.05) is 0 Å². The summed E-state index contributed by atoms with van der Waals surface area (Å²) in [6.45, 7) is 0. The van der Waals surface area contributed by atoms with Crippen molar-refractivity contribution in [1.29, 1.82) is 0 Å². The molecule has 0 aliphatic carbocycles. The Labute approximate surface area is 61.3 Å². The van der Waals surface area contributed by atoms with Gasteiger partial charge in [-0.05, 0) is 0 Å². The van der Waals surface area contributed by atoms with E-state index in [2.05, 4.69) is 39.5 Å². The van der Waals surface area contributed by atoms with Crippen LogP contribution < -0.4 is 0 Å². The Morgan fingerprint density at radius 1 is 0.833 bits per heavy atom. The van der Waals surface area contributed by atoms with E-state index in [1.54, 1.807) is 0 Å². The predicted octanol–water partition coefficient (Wildman–Crippen LogP) is 0.885. The fraction of sp³-hybridized carbons (Fsp3) is 0. The third-order valence-electron chi connectivity index (χ3n) is 0. The second-order valence-electron chi connectivity index (χ2n) is 0.214. The van der Waals surface area contributed by atoms with Crippen molar-refractivity contribution >= 4 is 39.5 Å². The zero-order chi connectivity index (χ0) is 3.58. The van der Waals surface area contributed by atoms with Gasteiger partial charge in [0.15, 0.2) is 0 Å². The molecule has 0 aliphatic heterocycles. The van der Waals surface area contributed by atoms with Crippen LogP contribution in [0.25, 0.3) is 0 Å². The summed E-state index contributed by atoms with van der Waals surface area (Å²) in [6.07, 6.45) is 0. The van der Waals surface area contributed by atoms with Gasteiger partial charge in [-0.2, -0.15) is 0 Å². The van der Waals surface area contributed by atoms with Crippen LogP contribution in [0.1, 0.15) is 0 Å². The van der Waals surface area contributed by atoms with Crippen molar-refractivity contribution in [3.63, 3.8) is 0 Å². The van der Waals surface area contributed by atoms with Crippen molar-refractivity contribution < 1.29 is 22.5 Å². The van der Waals surface area contributed by atoms with Crippen molar-refractivity contribution in [2.24, 2.45) is 0 Å². The molecule has 41 valence electrons. The molecule has 0 aromatic carbocycles. The molecule has 6 heavy (non-hydrogen) atoms. The van der Waals surface area contributed by atoms with Gasteiger partial charge in [0.2, 0.25) is 0 Å². The molecule has 0 spiro atoms. The Morgan fingerprint density at radius 3 is 0.833 bits per heavy atom. The van der Waals surface area contributed by atoms with Crippen LogP contribution in [0.5, 0.6) is 0 Å². The molecule has 0 unspecified atom stereocenters. The summed E-state index contributed by atoms with van der Waals surface area (Å²) in [4.78, 5) is 0. The Hall–Kier alpha value is 2.07. The van der Waals surface area contributed by atoms with E-state index < -0.39 is 11.6 Å². The molecule has 0 saturated heterocycles. The summed E-state index contributed by atoms with van der Waals surface area (Å²) >= 11 is 8.92. The number of halogens is 3. The summed E-state index contributed by atoms with van der Waals surface area (Å²) in [5, 5.41) is 0. The van der Waals surface area contributed by atoms with Crippen molar-refractivity contribution in [2.45, 2.75) is 0 Å². The van der Waals surface area contributed by atoms with Crippen molar-refractivity contribution in [3.05, 3.63) is 0 Å². The molecule has 0 radical (unpaired) electrons. The summed E-state index contributed by atoms with van der Waals surface area (Å²) in [6, 6.07) is 0. The Bertz CT molecular complexity index is 13.5. The third-order valence-corrected chi connectivity index (χ3v) is 0. The monoisotopic (exact) mass is 321 g/mol. The van der Waals surface area contributed by atoms with E-state index in [1.807, 2.05) is 0 Å². The standard InChI is InChI=1S/3BrH.2H2O.Ti/h3*1H;2*1H2;/q;;;;;+3/p-3. The molecule has 0 amide bonds. The summed E-state index contributed by atoms with van der Waals surface area (Å²) in [5.74, 6) is 0. The van der Waals surface area contributed by atoms with Crippen LogP contribution in [0.15, 0.2) is 0 Å². The molecule has 2 nitrogen and oxygen atoms in total. The minimum absolute atomic E-state index is 0. The molecule has 0 aromatic rings. The molecule has 6 heteroatoms. The van der Waals surface area contributed by atoms with Gasteiger partial charge in [0.05, 0.1) is 0 Å². The van der Waals surface area contributed by atoms with E-state index in [0.717, 1.165) is 0 Å². The fourth-order valence-electron chi connectivity index (χ4n) is 0. The molecule has 0 rings (SSSR count). The van der Waals surface area contributed by atoms with Crippen LogP contribution >= 0.6 is 39.5 Å². The second-order valence-corrected chi connectivity index (χ2v) is 23.9. The SMILES string of the molecule is O.O.[Br][Ti]([Br])[Br]. The summed E-state index contributed by atoms with van der Waals surface area (Å²) < 4.78 is 0. The fourth-order valence-corrected chi connectivity index (χ4v) is 0. The molecule has 0 aliphatic rings. The van der Waals surface area contributed by atoms with E-state index in [1.165, 1.54) is 0 Å². The normalized spacial score (nSPS) is 4.50. The van der Waals surface area contributed by atoms with Gasteiger partial charge in [-0.3, -0.25) is 0 Å². The molecule has 4 N–H and O–H groups in total. The average molecular weight is 324 g/mol. The van der Waals surface area contributed by atoms with Gasteiger partial charge in [-0.25, -0.2) is 0 Å². The first-order valence-electron chi connectivity index (χ1n) is 0.567. The molecule has 0 saturated carbocycles. The molecule has 0 heterocycles. The summed E-state index contributed by atoms with van der Waals surface area (Å²) in [7, 11) is 0. The Balaban J connectivity index is -0.0000000450. The van der Waals surface area contributed by atoms with Crippen LogP contribution in [0.4, 0.5) is 0 Å². The zero-order valence-corrected chi connectivity index (χ0v) is 8.95. The molecule has 0 atom stereocenters. The van der Waals surface area contributed by atoms with E-state index in [9.17, 15) is 0 Å². The number of hydrogen-bond acceptors (Lipinski definition) is 0. The average Bonchev–Trinajstić information content (AvgIpc) is 0.811.